The summed E-state index contributed by atoms with van der Waals surface area (Å²) in [4.78, 5) is 27.5. The van der Waals surface area contributed by atoms with Gasteiger partial charge in [-0.3, -0.25) is 4.79 Å². The normalized spacial score (nSPS) is 13.5. The smallest absolute Gasteiger partial charge is 0.331 e. The van der Waals surface area contributed by atoms with E-state index in [1.807, 2.05) is 46.8 Å². The Labute approximate surface area is 166 Å². The van der Waals surface area contributed by atoms with Crippen molar-refractivity contribution in [3.63, 3.8) is 0 Å². The molecule has 0 aromatic heterocycles. The first-order chi connectivity index (χ1) is 13.1. The van der Waals surface area contributed by atoms with E-state index >= 15 is 0 Å². The second-order valence-corrected chi connectivity index (χ2v) is 7.83. The fraction of sp³-hybridized carbons (Fsp3) is 0.409. The van der Waals surface area contributed by atoms with Gasteiger partial charge < -0.3 is 9.64 Å². The molecule has 0 aliphatic rings. The molecule has 6 heteroatoms. The Balaban J connectivity index is 2.38. The van der Waals surface area contributed by atoms with Crippen LogP contribution in [0.5, 0.6) is 0 Å². The van der Waals surface area contributed by atoms with Crippen molar-refractivity contribution >= 4 is 28.9 Å². The van der Waals surface area contributed by atoms with Crippen LogP contribution in [0.15, 0.2) is 36.4 Å². The standard InChI is InChI=1S/C22H27N3O3/c1-15(16(2)28-22(3,4)5)24(6)21(27)25(14-26)20-12-11-17(13-23)18-9-7-8-10-19(18)20/h7-12,14-16H,1-6H3/t15-,16-/m1/s1. The number of imide groups is 1. The maximum Gasteiger partial charge on any atom is 0.331 e. The average molecular weight is 381 g/mol. The SMILES string of the molecule is C[C@H]([C@@H](C)OC(C)(C)C)N(C)C(=O)N(C=O)c1ccc(C#N)c2ccccc12. The van der Waals surface area contributed by atoms with Crippen molar-refractivity contribution in [2.75, 3.05) is 11.9 Å². The van der Waals surface area contributed by atoms with E-state index in [1.165, 1.54) is 4.90 Å². The number of fused-ring (bicyclic) bond motifs is 1. The zero-order chi connectivity index (χ0) is 21.1. The molecule has 0 saturated carbocycles. The number of likely N-dealkylation sites (N-methyl/N-ethyl adjacent to an activating group) is 1. The van der Waals surface area contributed by atoms with Crippen molar-refractivity contribution in [1.29, 1.82) is 5.26 Å². The van der Waals surface area contributed by atoms with Gasteiger partial charge in [-0.2, -0.15) is 5.26 Å². The van der Waals surface area contributed by atoms with Gasteiger partial charge in [0.15, 0.2) is 0 Å². The highest BCUT2D eigenvalue weighted by Gasteiger charge is 2.29. The molecule has 0 radical (unpaired) electrons. The predicted molar refractivity (Wildman–Crippen MR) is 110 cm³/mol. The van der Waals surface area contributed by atoms with E-state index in [4.69, 9.17) is 4.74 Å². The molecule has 6 nitrogen and oxygen atoms in total. The maximum atomic E-state index is 13.1. The van der Waals surface area contributed by atoms with E-state index in [0.29, 0.717) is 28.4 Å². The van der Waals surface area contributed by atoms with Crippen LogP contribution in [0.3, 0.4) is 0 Å². The van der Waals surface area contributed by atoms with Crippen molar-refractivity contribution in [3.8, 4) is 6.07 Å². The summed E-state index contributed by atoms with van der Waals surface area (Å²) < 4.78 is 5.95. The molecule has 2 aromatic rings. The van der Waals surface area contributed by atoms with Crippen molar-refractivity contribution in [3.05, 3.63) is 42.0 Å². The fourth-order valence-corrected chi connectivity index (χ4v) is 3.11. The number of hydrogen-bond acceptors (Lipinski definition) is 4. The van der Waals surface area contributed by atoms with Crippen molar-refractivity contribution in [1.82, 2.24) is 4.90 Å². The van der Waals surface area contributed by atoms with Gasteiger partial charge in [0, 0.05) is 17.8 Å². The summed E-state index contributed by atoms with van der Waals surface area (Å²) in [6, 6.07) is 11.9. The molecular weight excluding hydrogens is 354 g/mol. The van der Waals surface area contributed by atoms with E-state index in [-0.39, 0.29) is 17.7 Å². The van der Waals surface area contributed by atoms with E-state index in [2.05, 4.69) is 6.07 Å². The third-order valence-electron chi connectivity index (χ3n) is 4.72. The number of nitriles is 1. The minimum absolute atomic E-state index is 0.222. The summed E-state index contributed by atoms with van der Waals surface area (Å²) in [6.45, 7) is 9.66. The highest BCUT2D eigenvalue weighted by atomic mass is 16.5. The molecular formula is C22H27N3O3. The number of nitrogens with zero attached hydrogens (tertiary/aromatic N) is 3. The largest absolute Gasteiger partial charge is 0.371 e. The first-order valence-electron chi connectivity index (χ1n) is 9.21. The van der Waals surface area contributed by atoms with E-state index in [9.17, 15) is 14.9 Å². The lowest BCUT2D eigenvalue weighted by Gasteiger charge is -2.35. The minimum Gasteiger partial charge on any atom is -0.371 e. The minimum atomic E-state index is -0.457. The number of carbonyl (C=O) groups excluding carboxylic acids is 2. The molecule has 3 amide bonds. The molecule has 0 bridgehead atoms. The average Bonchev–Trinajstić information content (AvgIpc) is 2.65. The van der Waals surface area contributed by atoms with Crippen LogP contribution >= 0.6 is 0 Å². The quantitative estimate of drug-likeness (QED) is 0.723. The van der Waals surface area contributed by atoms with Gasteiger partial charge in [-0.25, -0.2) is 9.69 Å². The second kappa shape index (κ2) is 8.41. The van der Waals surface area contributed by atoms with Crippen LogP contribution in [-0.2, 0) is 9.53 Å². The van der Waals surface area contributed by atoms with Crippen LogP contribution in [0.25, 0.3) is 10.8 Å². The lowest BCUT2D eigenvalue weighted by molar-refractivity contribution is -0.107. The summed E-state index contributed by atoms with van der Waals surface area (Å²) in [7, 11) is 1.65. The first-order valence-corrected chi connectivity index (χ1v) is 9.21. The number of amides is 3. The Morgan fingerprint density at radius 3 is 2.29 bits per heavy atom. The molecule has 0 saturated heterocycles. The molecule has 0 unspecified atom stereocenters. The Kier molecular flexibility index (Phi) is 6.42. The Morgan fingerprint density at radius 2 is 1.75 bits per heavy atom. The van der Waals surface area contributed by atoms with Crippen molar-refractivity contribution < 1.29 is 14.3 Å². The molecule has 2 rings (SSSR count). The third kappa shape index (κ3) is 4.49. The van der Waals surface area contributed by atoms with E-state index < -0.39 is 6.03 Å². The number of hydrogen-bond donors (Lipinski definition) is 0. The molecule has 0 heterocycles. The Bertz CT molecular complexity index is 911. The highest BCUT2D eigenvalue weighted by Crippen LogP contribution is 2.29. The number of benzene rings is 2. The molecule has 2 aromatic carbocycles. The predicted octanol–water partition coefficient (Wildman–Crippen LogP) is 4.32. The highest BCUT2D eigenvalue weighted by molar-refractivity contribution is 6.13. The summed E-state index contributed by atoms with van der Waals surface area (Å²) >= 11 is 0. The molecule has 28 heavy (non-hydrogen) atoms. The molecule has 0 aliphatic heterocycles. The summed E-state index contributed by atoms with van der Waals surface area (Å²) in [6.07, 6.45) is 0.287. The lowest BCUT2D eigenvalue weighted by Crippen LogP contribution is -2.50. The third-order valence-corrected chi connectivity index (χ3v) is 4.72. The number of urea groups is 1. The zero-order valence-electron chi connectivity index (χ0n) is 17.3. The van der Waals surface area contributed by atoms with Gasteiger partial charge in [0.05, 0.1) is 35.1 Å². The molecule has 0 N–H and O–H groups in total. The molecule has 148 valence electrons. The van der Waals surface area contributed by atoms with Crippen LogP contribution < -0.4 is 4.90 Å². The summed E-state index contributed by atoms with van der Waals surface area (Å²) in [5, 5.41) is 10.7. The van der Waals surface area contributed by atoms with Crippen LogP contribution in [0.1, 0.15) is 40.2 Å². The second-order valence-electron chi connectivity index (χ2n) is 7.83. The molecule has 2 atom stereocenters. The van der Waals surface area contributed by atoms with Crippen LogP contribution in [0.2, 0.25) is 0 Å². The van der Waals surface area contributed by atoms with Crippen LogP contribution in [0, 0.1) is 11.3 Å². The van der Waals surface area contributed by atoms with E-state index in [0.717, 1.165) is 4.90 Å². The monoisotopic (exact) mass is 381 g/mol. The topological polar surface area (TPSA) is 73.6 Å². The van der Waals surface area contributed by atoms with Gasteiger partial charge in [0.1, 0.15) is 0 Å². The fourth-order valence-electron chi connectivity index (χ4n) is 3.11. The summed E-state index contributed by atoms with van der Waals surface area (Å²) in [5.41, 5.74) is 0.593. The Morgan fingerprint density at radius 1 is 1.14 bits per heavy atom. The van der Waals surface area contributed by atoms with Gasteiger partial charge in [-0.05, 0) is 46.8 Å². The lowest BCUT2D eigenvalue weighted by atomic mass is 10.0. The van der Waals surface area contributed by atoms with Crippen molar-refractivity contribution in [2.45, 2.75) is 52.4 Å². The molecule has 0 spiro atoms. The van der Waals surface area contributed by atoms with Gasteiger partial charge in [0.25, 0.3) is 0 Å². The number of carbonyl (C=O) groups is 2. The van der Waals surface area contributed by atoms with Gasteiger partial charge in [-0.1, -0.05) is 24.3 Å². The number of anilines is 1. The van der Waals surface area contributed by atoms with Crippen molar-refractivity contribution in [2.24, 2.45) is 0 Å². The molecule has 0 aliphatic carbocycles. The zero-order valence-corrected chi connectivity index (χ0v) is 17.3. The number of rotatable bonds is 5. The maximum absolute atomic E-state index is 13.1. The van der Waals surface area contributed by atoms with Crippen LogP contribution in [-0.4, -0.2) is 42.1 Å². The number of ether oxygens (including phenoxy) is 1. The van der Waals surface area contributed by atoms with E-state index in [1.54, 1.807) is 31.3 Å². The first kappa shape index (κ1) is 21.4. The Hall–Kier alpha value is -2.91. The van der Waals surface area contributed by atoms with Gasteiger partial charge >= 0.3 is 6.03 Å². The van der Waals surface area contributed by atoms with Gasteiger partial charge in [0.2, 0.25) is 6.41 Å². The molecule has 0 fully saturated rings. The van der Waals surface area contributed by atoms with Gasteiger partial charge in [-0.15, -0.1) is 0 Å². The summed E-state index contributed by atoms with van der Waals surface area (Å²) in [5.74, 6) is 0. The van der Waals surface area contributed by atoms with Crippen LogP contribution in [0.4, 0.5) is 10.5 Å².